The molecule has 2 heterocycles. The molecule has 0 aliphatic carbocycles. The Bertz CT molecular complexity index is 912. The Kier molecular flexibility index (Phi) is 4.55. The summed E-state index contributed by atoms with van der Waals surface area (Å²) in [4.78, 5) is 19.2. The van der Waals surface area contributed by atoms with Gasteiger partial charge in [-0.15, -0.1) is 0 Å². The van der Waals surface area contributed by atoms with Crippen LogP contribution >= 0.6 is 11.6 Å². The number of benzene rings is 2. The maximum Gasteiger partial charge on any atom is 0.253 e. The molecular weight excluding hydrogens is 352 g/mol. The fourth-order valence-electron chi connectivity index (χ4n) is 3.38. The van der Waals surface area contributed by atoms with Crippen molar-refractivity contribution in [3.8, 4) is 5.75 Å². The van der Waals surface area contributed by atoms with Crippen LogP contribution in [-0.2, 0) is 0 Å². The first-order chi connectivity index (χ1) is 12.7. The summed E-state index contributed by atoms with van der Waals surface area (Å²) in [6, 6.07) is 12.9. The lowest BCUT2D eigenvalue weighted by Crippen LogP contribution is -2.38. The average molecular weight is 371 g/mol. The number of rotatable bonds is 3. The molecule has 1 aliphatic heterocycles. The van der Waals surface area contributed by atoms with Crippen molar-refractivity contribution in [3.05, 3.63) is 58.9 Å². The van der Waals surface area contributed by atoms with E-state index in [-0.39, 0.29) is 11.8 Å². The first-order valence-electron chi connectivity index (χ1n) is 8.64. The first kappa shape index (κ1) is 16.9. The number of likely N-dealkylation sites (tertiary alicyclic amines) is 1. The highest BCUT2D eigenvalue weighted by Gasteiger charge is 2.27. The van der Waals surface area contributed by atoms with E-state index in [1.807, 2.05) is 29.2 Å². The van der Waals surface area contributed by atoms with Gasteiger partial charge in [0.25, 0.3) is 5.91 Å². The van der Waals surface area contributed by atoms with Crippen LogP contribution in [0.3, 0.4) is 0 Å². The van der Waals surface area contributed by atoms with Crippen LogP contribution in [0.4, 0.5) is 0 Å². The molecule has 1 aromatic heterocycles. The van der Waals surface area contributed by atoms with Crippen molar-refractivity contribution in [2.45, 2.75) is 18.8 Å². The van der Waals surface area contributed by atoms with Gasteiger partial charge in [-0.05, 0) is 43.2 Å². The summed E-state index contributed by atoms with van der Waals surface area (Å²) in [5.74, 6) is 1.57. The Hall–Kier alpha value is -2.53. The Morgan fingerprint density at radius 2 is 2.00 bits per heavy atom. The molecular formula is C20H19ClN2O3. The molecule has 6 heteroatoms. The third kappa shape index (κ3) is 3.15. The second kappa shape index (κ2) is 7.00. The average Bonchev–Trinajstić information content (AvgIpc) is 3.11. The van der Waals surface area contributed by atoms with Crippen LogP contribution < -0.4 is 4.74 Å². The number of amides is 1. The van der Waals surface area contributed by atoms with Crippen molar-refractivity contribution in [3.63, 3.8) is 0 Å². The van der Waals surface area contributed by atoms with Crippen LogP contribution in [0.1, 0.15) is 35.0 Å². The minimum absolute atomic E-state index is 0.00873. The van der Waals surface area contributed by atoms with Gasteiger partial charge in [0.05, 0.1) is 12.1 Å². The molecule has 2 aromatic carbocycles. The van der Waals surface area contributed by atoms with Crippen LogP contribution in [0.5, 0.6) is 5.75 Å². The normalized spacial score (nSPS) is 15.4. The number of hydrogen-bond donors (Lipinski definition) is 0. The third-order valence-corrected chi connectivity index (χ3v) is 5.14. The lowest BCUT2D eigenvalue weighted by molar-refractivity contribution is 0.0706. The van der Waals surface area contributed by atoms with E-state index in [0.717, 1.165) is 29.8 Å². The number of methoxy groups -OCH3 is 1. The smallest absolute Gasteiger partial charge is 0.253 e. The lowest BCUT2D eigenvalue weighted by Gasteiger charge is -2.30. The number of carbonyl (C=O) groups is 1. The number of carbonyl (C=O) groups excluding carboxylic acids is 1. The van der Waals surface area contributed by atoms with E-state index in [0.29, 0.717) is 29.4 Å². The van der Waals surface area contributed by atoms with Gasteiger partial charge in [-0.3, -0.25) is 4.79 Å². The van der Waals surface area contributed by atoms with E-state index >= 15 is 0 Å². The van der Waals surface area contributed by atoms with Crippen LogP contribution in [-0.4, -0.2) is 36.0 Å². The summed E-state index contributed by atoms with van der Waals surface area (Å²) < 4.78 is 11.0. The van der Waals surface area contributed by atoms with E-state index in [9.17, 15) is 4.79 Å². The zero-order valence-corrected chi connectivity index (χ0v) is 15.2. The molecule has 26 heavy (non-hydrogen) atoms. The molecule has 3 aromatic rings. The highest BCUT2D eigenvalue weighted by Crippen LogP contribution is 2.31. The van der Waals surface area contributed by atoms with Crippen molar-refractivity contribution in [2.75, 3.05) is 20.2 Å². The first-order valence-corrected chi connectivity index (χ1v) is 9.02. The summed E-state index contributed by atoms with van der Waals surface area (Å²) in [6.45, 7) is 1.34. The number of ether oxygens (including phenoxy) is 1. The molecule has 0 radical (unpaired) electrons. The van der Waals surface area contributed by atoms with Crippen LogP contribution in [0, 0.1) is 0 Å². The van der Waals surface area contributed by atoms with Crippen LogP contribution in [0.2, 0.25) is 5.02 Å². The van der Waals surface area contributed by atoms with Gasteiger partial charge in [0.2, 0.25) is 0 Å². The number of hydrogen-bond acceptors (Lipinski definition) is 4. The molecule has 0 atom stereocenters. The maximum atomic E-state index is 12.7. The van der Waals surface area contributed by atoms with Gasteiger partial charge < -0.3 is 14.1 Å². The highest BCUT2D eigenvalue weighted by molar-refractivity contribution is 6.32. The van der Waals surface area contributed by atoms with Gasteiger partial charge in [0, 0.05) is 24.6 Å². The summed E-state index contributed by atoms with van der Waals surface area (Å²) >= 11 is 6.14. The molecule has 0 N–H and O–H groups in total. The second-order valence-corrected chi connectivity index (χ2v) is 6.84. The minimum Gasteiger partial charge on any atom is -0.495 e. The van der Waals surface area contributed by atoms with Gasteiger partial charge in [-0.25, -0.2) is 4.98 Å². The van der Waals surface area contributed by atoms with Crippen LogP contribution in [0.25, 0.3) is 11.1 Å². The Morgan fingerprint density at radius 3 is 2.69 bits per heavy atom. The molecule has 1 saturated heterocycles. The van der Waals surface area contributed by atoms with Crippen LogP contribution in [0.15, 0.2) is 46.9 Å². The number of fused-ring (bicyclic) bond motifs is 1. The predicted octanol–water partition coefficient (Wildman–Crippen LogP) is 4.51. The van der Waals surface area contributed by atoms with Crippen molar-refractivity contribution in [2.24, 2.45) is 0 Å². The number of para-hydroxylation sites is 2. The fraction of sp³-hybridized carbons (Fsp3) is 0.300. The topological polar surface area (TPSA) is 55.6 Å². The third-order valence-electron chi connectivity index (χ3n) is 4.84. The largest absolute Gasteiger partial charge is 0.495 e. The molecule has 134 valence electrons. The van der Waals surface area contributed by atoms with E-state index in [2.05, 4.69) is 4.98 Å². The van der Waals surface area contributed by atoms with Crippen molar-refractivity contribution in [1.82, 2.24) is 9.88 Å². The quantitative estimate of drug-likeness (QED) is 0.680. The predicted molar refractivity (Wildman–Crippen MR) is 99.9 cm³/mol. The lowest BCUT2D eigenvalue weighted by atomic mass is 9.96. The standard InChI is InChI=1S/C20H19ClN2O3/c1-25-17-7-6-14(12-15(17)21)20(24)23-10-8-13(9-11-23)19-22-16-4-2-3-5-18(16)26-19/h2-7,12-13H,8-11H2,1H3. The van der Waals surface area contributed by atoms with Gasteiger partial charge >= 0.3 is 0 Å². The molecule has 4 rings (SSSR count). The van der Waals surface area contributed by atoms with Gasteiger partial charge in [0.1, 0.15) is 11.3 Å². The molecule has 0 spiro atoms. The number of oxazole rings is 1. The molecule has 1 amide bonds. The van der Waals surface area contributed by atoms with Gasteiger partial charge in [-0.2, -0.15) is 0 Å². The summed E-state index contributed by atoms with van der Waals surface area (Å²) in [5.41, 5.74) is 2.28. The monoisotopic (exact) mass is 370 g/mol. The number of aromatic nitrogens is 1. The SMILES string of the molecule is COc1ccc(C(=O)N2CCC(c3nc4ccccc4o3)CC2)cc1Cl. The summed E-state index contributed by atoms with van der Waals surface area (Å²) in [5, 5.41) is 0.444. The molecule has 1 fully saturated rings. The molecule has 0 saturated carbocycles. The zero-order valence-electron chi connectivity index (χ0n) is 14.4. The van der Waals surface area contributed by atoms with E-state index in [1.165, 1.54) is 0 Å². The summed E-state index contributed by atoms with van der Waals surface area (Å²) in [6.07, 6.45) is 1.67. The molecule has 0 bridgehead atoms. The van der Waals surface area contributed by atoms with Crippen molar-refractivity contribution in [1.29, 1.82) is 0 Å². The number of halogens is 1. The molecule has 5 nitrogen and oxygen atoms in total. The van der Waals surface area contributed by atoms with Gasteiger partial charge in [0.15, 0.2) is 11.5 Å². The van der Waals surface area contributed by atoms with E-state index < -0.39 is 0 Å². The highest BCUT2D eigenvalue weighted by atomic mass is 35.5. The Morgan fingerprint density at radius 1 is 1.23 bits per heavy atom. The number of nitrogens with zero attached hydrogens (tertiary/aromatic N) is 2. The summed E-state index contributed by atoms with van der Waals surface area (Å²) in [7, 11) is 1.56. The Labute approximate surface area is 156 Å². The van der Waals surface area contributed by atoms with Crippen molar-refractivity contribution >= 4 is 28.6 Å². The molecule has 0 unspecified atom stereocenters. The Balaban J connectivity index is 1.44. The van der Waals surface area contributed by atoms with Crippen molar-refractivity contribution < 1.29 is 13.9 Å². The number of piperidine rings is 1. The fourth-order valence-corrected chi connectivity index (χ4v) is 3.63. The van der Waals surface area contributed by atoms with E-state index in [1.54, 1.807) is 25.3 Å². The second-order valence-electron chi connectivity index (χ2n) is 6.44. The minimum atomic E-state index is -0.00873. The molecule has 1 aliphatic rings. The van der Waals surface area contributed by atoms with Gasteiger partial charge in [-0.1, -0.05) is 23.7 Å². The zero-order chi connectivity index (χ0) is 18.1. The maximum absolute atomic E-state index is 12.7. The van der Waals surface area contributed by atoms with E-state index in [4.69, 9.17) is 20.8 Å².